The number of hydrogen-bond donors (Lipinski definition) is 2. The summed E-state index contributed by atoms with van der Waals surface area (Å²) in [5, 5.41) is 0.967. The zero-order valence-corrected chi connectivity index (χ0v) is 22.8. The summed E-state index contributed by atoms with van der Waals surface area (Å²) in [4.78, 5) is 16.7. The quantitative estimate of drug-likeness (QED) is 0.467. The van der Waals surface area contributed by atoms with Gasteiger partial charge in [0.2, 0.25) is 10.0 Å². The fourth-order valence-electron chi connectivity index (χ4n) is 4.15. The van der Waals surface area contributed by atoms with Gasteiger partial charge in [0.15, 0.2) is 0 Å². The van der Waals surface area contributed by atoms with Gasteiger partial charge in [0, 0.05) is 29.8 Å². The highest BCUT2D eigenvalue weighted by Gasteiger charge is 2.29. The number of carbonyl (C=O) groups is 1. The summed E-state index contributed by atoms with van der Waals surface area (Å²) in [7, 11) is -3.78. The van der Waals surface area contributed by atoms with Crippen LogP contribution in [0.4, 0.5) is 4.79 Å². The van der Waals surface area contributed by atoms with Crippen LogP contribution in [0.1, 0.15) is 76.8 Å². The third-order valence-corrected chi connectivity index (χ3v) is 8.58. The van der Waals surface area contributed by atoms with Crippen LogP contribution in [-0.2, 0) is 26.1 Å². The lowest BCUT2D eigenvalue weighted by Crippen LogP contribution is -2.40. The van der Waals surface area contributed by atoms with E-state index >= 15 is 0 Å². The molecule has 0 unspecified atom stereocenters. The minimum atomic E-state index is -3.78. The standard InChI is InChI=1S/C25H37N3O5S2/c1-16(2)14-32-15-17-6-11-20(22(12-17)35(30,31)28-25(3,4)5)21-13-27-23(34-21)18-7-9-19(10-8-18)33-24(26)29/h6,11-13,16,18-19,28H,7-10,14-15H2,1-5H3,(H2,26,29)/t18-,19-. The molecule has 1 aliphatic rings. The molecular weight excluding hydrogens is 486 g/mol. The first-order chi connectivity index (χ1) is 16.3. The molecule has 0 spiro atoms. The first-order valence-electron chi connectivity index (χ1n) is 12.0. The van der Waals surface area contributed by atoms with Gasteiger partial charge >= 0.3 is 6.09 Å². The highest BCUT2D eigenvalue weighted by Crippen LogP contribution is 2.40. The summed E-state index contributed by atoms with van der Waals surface area (Å²) >= 11 is 1.52. The van der Waals surface area contributed by atoms with E-state index in [1.54, 1.807) is 12.3 Å². The molecule has 0 atom stereocenters. The first-order valence-corrected chi connectivity index (χ1v) is 14.3. The summed E-state index contributed by atoms with van der Waals surface area (Å²) in [6.07, 6.45) is 4.04. The van der Waals surface area contributed by atoms with Gasteiger partial charge in [0.05, 0.1) is 21.4 Å². The van der Waals surface area contributed by atoms with Gasteiger partial charge in [-0.2, -0.15) is 0 Å². The number of nitrogens with one attached hydrogen (secondary N) is 1. The molecule has 0 saturated heterocycles. The Labute approximate surface area is 212 Å². The van der Waals surface area contributed by atoms with Gasteiger partial charge in [-0.3, -0.25) is 0 Å². The summed E-state index contributed by atoms with van der Waals surface area (Å²) in [5.74, 6) is 0.644. The van der Waals surface area contributed by atoms with Crippen LogP contribution in [0.3, 0.4) is 0 Å². The van der Waals surface area contributed by atoms with Crippen molar-refractivity contribution in [1.82, 2.24) is 9.71 Å². The number of nitrogens with zero attached hydrogens (tertiary/aromatic N) is 1. The predicted octanol–water partition coefficient (Wildman–Crippen LogP) is 5.18. The Hall–Kier alpha value is -2.01. The Bertz CT molecular complexity index is 1110. The molecule has 1 heterocycles. The molecule has 10 heteroatoms. The zero-order valence-electron chi connectivity index (χ0n) is 21.2. The highest BCUT2D eigenvalue weighted by atomic mass is 32.2. The first kappa shape index (κ1) is 27.6. The van der Waals surface area contributed by atoms with Gasteiger partial charge in [-0.15, -0.1) is 11.3 Å². The van der Waals surface area contributed by atoms with Gasteiger partial charge in [0.25, 0.3) is 0 Å². The minimum absolute atomic E-state index is 0.145. The molecule has 0 aliphatic heterocycles. The van der Waals surface area contributed by atoms with E-state index in [0.717, 1.165) is 41.1 Å². The maximum absolute atomic E-state index is 13.4. The molecular formula is C25H37N3O5S2. The molecule has 8 nitrogen and oxygen atoms in total. The number of thiazole rings is 1. The second kappa shape index (κ2) is 11.4. The van der Waals surface area contributed by atoms with Crippen LogP contribution in [0.5, 0.6) is 0 Å². The number of nitrogens with two attached hydrogens (primary N) is 1. The fourth-order valence-corrected chi connectivity index (χ4v) is 7.03. The Morgan fingerprint density at radius 1 is 1.23 bits per heavy atom. The molecule has 1 amide bonds. The Kier molecular flexibility index (Phi) is 8.96. The van der Waals surface area contributed by atoms with E-state index in [9.17, 15) is 13.2 Å². The molecule has 1 aromatic carbocycles. The largest absolute Gasteiger partial charge is 0.446 e. The lowest BCUT2D eigenvalue weighted by molar-refractivity contribution is 0.0787. The summed E-state index contributed by atoms with van der Waals surface area (Å²) in [6.45, 7) is 10.6. The van der Waals surface area contributed by atoms with Crippen molar-refractivity contribution in [2.45, 2.75) is 89.4 Å². The maximum Gasteiger partial charge on any atom is 0.404 e. The molecule has 35 heavy (non-hydrogen) atoms. The van der Waals surface area contributed by atoms with E-state index in [1.165, 1.54) is 11.3 Å². The lowest BCUT2D eigenvalue weighted by atomic mass is 9.88. The maximum atomic E-state index is 13.4. The van der Waals surface area contributed by atoms with Crippen molar-refractivity contribution >= 4 is 27.5 Å². The minimum Gasteiger partial charge on any atom is -0.446 e. The van der Waals surface area contributed by atoms with E-state index < -0.39 is 21.7 Å². The fraction of sp³-hybridized carbons (Fsp3) is 0.600. The average molecular weight is 524 g/mol. The van der Waals surface area contributed by atoms with E-state index in [-0.39, 0.29) is 16.9 Å². The summed E-state index contributed by atoms with van der Waals surface area (Å²) < 4.78 is 40.4. The van der Waals surface area contributed by atoms with Crippen LogP contribution >= 0.6 is 11.3 Å². The number of ether oxygens (including phenoxy) is 2. The van der Waals surface area contributed by atoms with Gasteiger partial charge in [-0.1, -0.05) is 26.0 Å². The molecule has 3 N–H and O–H groups in total. The number of hydrogen-bond acceptors (Lipinski definition) is 7. The van der Waals surface area contributed by atoms with E-state index in [2.05, 4.69) is 23.6 Å². The second-order valence-electron chi connectivity index (χ2n) is 10.6. The number of primary amides is 1. The van der Waals surface area contributed by atoms with Crippen LogP contribution in [0.25, 0.3) is 10.4 Å². The zero-order chi connectivity index (χ0) is 25.8. The molecule has 3 rings (SSSR count). The van der Waals surface area contributed by atoms with Gasteiger partial charge in [-0.25, -0.2) is 22.9 Å². The van der Waals surface area contributed by atoms with Crippen LogP contribution in [0.15, 0.2) is 29.3 Å². The molecule has 194 valence electrons. The number of carbonyl (C=O) groups excluding carboxylic acids is 1. The van der Waals surface area contributed by atoms with Crippen LogP contribution in [-0.4, -0.2) is 37.7 Å². The van der Waals surface area contributed by atoms with Crippen molar-refractivity contribution in [3.05, 3.63) is 35.0 Å². The normalized spacial score (nSPS) is 19.1. The van der Waals surface area contributed by atoms with Crippen LogP contribution in [0, 0.1) is 5.92 Å². The van der Waals surface area contributed by atoms with Gasteiger partial charge < -0.3 is 15.2 Å². The number of sulfonamides is 1. The Balaban J connectivity index is 1.87. The van der Waals surface area contributed by atoms with Crippen molar-refractivity contribution in [2.75, 3.05) is 6.61 Å². The topological polar surface area (TPSA) is 121 Å². The van der Waals surface area contributed by atoms with Gasteiger partial charge in [0.1, 0.15) is 6.10 Å². The van der Waals surface area contributed by atoms with Crippen LogP contribution in [0.2, 0.25) is 0 Å². The van der Waals surface area contributed by atoms with Crippen molar-refractivity contribution in [3.63, 3.8) is 0 Å². The second-order valence-corrected chi connectivity index (χ2v) is 13.3. The monoisotopic (exact) mass is 523 g/mol. The summed E-state index contributed by atoms with van der Waals surface area (Å²) in [6, 6.07) is 5.47. The number of benzene rings is 1. The molecule has 2 aromatic rings. The number of aromatic nitrogens is 1. The molecule has 1 saturated carbocycles. The van der Waals surface area contributed by atoms with Gasteiger partial charge in [-0.05, 0) is 64.0 Å². The SMILES string of the molecule is CC(C)COCc1ccc(-c2cnc([C@H]3CC[C@H](OC(N)=O)CC3)s2)c(S(=O)(=O)NC(C)(C)C)c1. The Morgan fingerprint density at radius 2 is 1.91 bits per heavy atom. The predicted molar refractivity (Wildman–Crippen MR) is 138 cm³/mol. The third kappa shape index (κ3) is 7.99. The molecule has 0 radical (unpaired) electrons. The van der Waals surface area contributed by atoms with Crippen molar-refractivity contribution in [3.8, 4) is 10.4 Å². The number of amides is 1. The van der Waals surface area contributed by atoms with E-state index in [0.29, 0.717) is 24.7 Å². The molecule has 0 bridgehead atoms. The van der Waals surface area contributed by atoms with Crippen molar-refractivity contribution in [1.29, 1.82) is 0 Å². The lowest BCUT2D eigenvalue weighted by Gasteiger charge is -2.26. The van der Waals surface area contributed by atoms with Crippen LogP contribution < -0.4 is 10.5 Å². The molecule has 1 aliphatic carbocycles. The number of rotatable bonds is 9. The highest BCUT2D eigenvalue weighted by molar-refractivity contribution is 7.89. The molecule has 1 fully saturated rings. The molecule has 1 aromatic heterocycles. The smallest absolute Gasteiger partial charge is 0.404 e. The van der Waals surface area contributed by atoms with E-state index in [1.807, 2.05) is 32.9 Å². The summed E-state index contributed by atoms with van der Waals surface area (Å²) in [5.41, 5.74) is 5.96. The average Bonchev–Trinajstić information content (AvgIpc) is 3.22. The Morgan fingerprint density at radius 3 is 2.51 bits per heavy atom. The van der Waals surface area contributed by atoms with Crippen molar-refractivity contribution < 1.29 is 22.7 Å². The third-order valence-electron chi connectivity index (χ3n) is 5.59. The van der Waals surface area contributed by atoms with E-state index in [4.69, 9.17) is 15.2 Å². The van der Waals surface area contributed by atoms with Crippen molar-refractivity contribution in [2.24, 2.45) is 11.7 Å².